The molecule has 6 heteroatoms. The Morgan fingerprint density at radius 2 is 1.93 bits per heavy atom. The molecule has 0 aromatic rings. The predicted molar refractivity (Wildman–Crippen MR) is 48.8 cm³/mol. The minimum absolute atomic E-state index is 0.0781. The number of aliphatic carboxylic acids is 1. The van der Waals surface area contributed by atoms with Gasteiger partial charge in [-0.15, -0.1) is 0 Å². The van der Waals surface area contributed by atoms with Gasteiger partial charge in [-0.1, -0.05) is 0 Å². The average Bonchev–Trinajstić information content (AvgIpc) is 2.09. The monoisotopic (exact) mass is 207 g/mol. The first-order valence-corrected chi connectivity index (χ1v) is 4.36. The first-order valence-electron chi connectivity index (χ1n) is 4.36. The Bertz CT molecular complexity index is 171. The summed E-state index contributed by atoms with van der Waals surface area (Å²) in [7, 11) is 0. The van der Waals surface area contributed by atoms with Crippen LogP contribution in [0.25, 0.3) is 0 Å². The van der Waals surface area contributed by atoms with Gasteiger partial charge in [-0.25, -0.2) is 0 Å². The van der Waals surface area contributed by atoms with Crippen LogP contribution in [-0.4, -0.2) is 58.3 Å². The van der Waals surface area contributed by atoms with E-state index < -0.39 is 18.2 Å². The van der Waals surface area contributed by atoms with E-state index in [9.17, 15) is 5.11 Å². The van der Waals surface area contributed by atoms with E-state index in [4.69, 9.17) is 20.1 Å². The van der Waals surface area contributed by atoms with Gasteiger partial charge in [0, 0.05) is 32.5 Å². The zero-order valence-corrected chi connectivity index (χ0v) is 8.05. The van der Waals surface area contributed by atoms with Crippen molar-refractivity contribution in [3.8, 4) is 0 Å². The van der Waals surface area contributed by atoms with Gasteiger partial charge in [0.05, 0.1) is 12.2 Å². The number of carboxylic acid groups (broad SMARTS) is 1. The van der Waals surface area contributed by atoms with Crippen LogP contribution in [0.2, 0.25) is 0 Å². The van der Waals surface area contributed by atoms with Crippen molar-refractivity contribution in [2.24, 2.45) is 5.92 Å². The highest BCUT2D eigenvalue weighted by molar-refractivity contribution is 5.62. The van der Waals surface area contributed by atoms with E-state index in [1.165, 1.54) is 0 Å². The molecule has 1 aliphatic heterocycles. The summed E-state index contributed by atoms with van der Waals surface area (Å²) in [5.74, 6) is -1.05. The van der Waals surface area contributed by atoms with Crippen molar-refractivity contribution < 1.29 is 25.2 Å². The Balaban J connectivity index is 0.000000364. The van der Waals surface area contributed by atoms with Crippen molar-refractivity contribution in [2.75, 3.05) is 19.7 Å². The van der Waals surface area contributed by atoms with Crippen LogP contribution in [0.5, 0.6) is 0 Å². The second kappa shape index (κ2) is 6.72. The normalized spacial score (nSPS) is 31.6. The predicted octanol–water partition coefficient (Wildman–Crippen LogP) is -1.99. The molecule has 1 heterocycles. The largest absolute Gasteiger partial charge is 0.481 e. The average molecular weight is 207 g/mol. The van der Waals surface area contributed by atoms with Gasteiger partial charge in [-0.2, -0.15) is 0 Å². The Hall–Kier alpha value is -0.690. The van der Waals surface area contributed by atoms with Crippen LogP contribution in [0, 0.1) is 5.92 Å². The van der Waals surface area contributed by atoms with Crippen LogP contribution >= 0.6 is 0 Å². The first-order chi connectivity index (χ1) is 6.49. The summed E-state index contributed by atoms with van der Waals surface area (Å²) < 4.78 is 0. The minimum Gasteiger partial charge on any atom is -0.481 e. The minimum atomic E-state index is -0.833. The van der Waals surface area contributed by atoms with Gasteiger partial charge in [-0.3, -0.25) is 4.79 Å². The van der Waals surface area contributed by atoms with Crippen molar-refractivity contribution in [3.63, 3.8) is 0 Å². The molecule has 1 saturated heterocycles. The van der Waals surface area contributed by atoms with Crippen LogP contribution in [0.15, 0.2) is 0 Å². The molecule has 0 bridgehead atoms. The molecule has 3 atom stereocenters. The van der Waals surface area contributed by atoms with Gasteiger partial charge in [-0.05, 0) is 0 Å². The fourth-order valence-corrected chi connectivity index (χ4v) is 1.14. The molecule has 5 N–H and O–H groups in total. The van der Waals surface area contributed by atoms with Crippen LogP contribution < -0.4 is 5.32 Å². The number of nitrogens with one attached hydrogen (secondary N) is 1. The second-order valence-electron chi connectivity index (χ2n) is 3.18. The van der Waals surface area contributed by atoms with Crippen molar-refractivity contribution in [3.05, 3.63) is 0 Å². The molecule has 6 nitrogen and oxygen atoms in total. The van der Waals surface area contributed by atoms with E-state index in [1.807, 2.05) is 0 Å². The Kier molecular flexibility index (Phi) is 6.39. The van der Waals surface area contributed by atoms with Crippen molar-refractivity contribution >= 4 is 5.97 Å². The fourth-order valence-electron chi connectivity index (χ4n) is 1.14. The first kappa shape index (κ1) is 13.3. The quantitative estimate of drug-likeness (QED) is 0.340. The molecule has 84 valence electrons. The van der Waals surface area contributed by atoms with Gasteiger partial charge in [0.15, 0.2) is 0 Å². The highest BCUT2D eigenvalue weighted by Gasteiger charge is 2.29. The molecule has 0 aromatic heterocycles. The molecule has 0 spiro atoms. The third-order valence-electron chi connectivity index (χ3n) is 1.87. The summed E-state index contributed by atoms with van der Waals surface area (Å²) in [5.41, 5.74) is 0. The molecule has 0 amide bonds. The number of hydrogen-bond acceptors (Lipinski definition) is 5. The summed E-state index contributed by atoms with van der Waals surface area (Å²) in [5, 5.41) is 37.2. The molecular formula is C8H17NO5. The molecule has 1 fully saturated rings. The van der Waals surface area contributed by atoms with E-state index in [-0.39, 0.29) is 12.5 Å². The van der Waals surface area contributed by atoms with E-state index in [0.717, 1.165) is 6.92 Å². The van der Waals surface area contributed by atoms with Gasteiger partial charge >= 0.3 is 0 Å². The highest BCUT2D eigenvalue weighted by atomic mass is 16.4. The summed E-state index contributed by atoms with van der Waals surface area (Å²) >= 11 is 0. The molecule has 0 saturated carbocycles. The summed E-state index contributed by atoms with van der Waals surface area (Å²) in [6, 6.07) is 0. The van der Waals surface area contributed by atoms with Crippen LogP contribution in [0.1, 0.15) is 6.92 Å². The van der Waals surface area contributed by atoms with Crippen molar-refractivity contribution in [1.29, 1.82) is 0 Å². The van der Waals surface area contributed by atoms with Crippen molar-refractivity contribution in [2.45, 2.75) is 19.1 Å². The van der Waals surface area contributed by atoms with E-state index in [2.05, 4.69) is 5.32 Å². The topological polar surface area (TPSA) is 110 Å². The van der Waals surface area contributed by atoms with Gasteiger partial charge < -0.3 is 25.7 Å². The van der Waals surface area contributed by atoms with Gasteiger partial charge in [0.2, 0.25) is 0 Å². The molecule has 1 rings (SSSR count). The third-order valence-corrected chi connectivity index (χ3v) is 1.87. The lowest BCUT2D eigenvalue weighted by molar-refractivity contribution is -0.134. The van der Waals surface area contributed by atoms with Gasteiger partial charge in [0.1, 0.15) is 0 Å². The number of aliphatic hydroxyl groups is 3. The van der Waals surface area contributed by atoms with Crippen LogP contribution in [0.4, 0.5) is 0 Å². The third kappa shape index (κ3) is 5.13. The summed E-state index contributed by atoms with van der Waals surface area (Å²) in [6.45, 7) is 2.00. The summed E-state index contributed by atoms with van der Waals surface area (Å²) in [4.78, 5) is 9.00. The SMILES string of the molecule is CC(=O)O.OC[C@H]1CNC[C@@H](O)[C@@H]1O. The second-order valence-corrected chi connectivity index (χ2v) is 3.18. The Labute approximate surface area is 82.2 Å². The lowest BCUT2D eigenvalue weighted by Gasteiger charge is -2.30. The molecular weight excluding hydrogens is 190 g/mol. The van der Waals surface area contributed by atoms with E-state index in [1.54, 1.807) is 0 Å². The number of carbonyl (C=O) groups is 1. The Morgan fingerprint density at radius 1 is 1.43 bits per heavy atom. The number of rotatable bonds is 1. The standard InChI is InChI=1S/C6H13NO3.C2H4O2/c8-3-4-1-7-2-5(9)6(4)10;1-2(3)4/h4-10H,1-3H2;1H3,(H,3,4)/t4-,5-,6-;/m1./s1. The summed E-state index contributed by atoms with van der Waals surface area (Å²) in [6.07, 6.45) is -1.50. The molecule has 0 radical (unpaired) electrons. The van der Waals surface area contributed by atoms with Crippen LogP contribution in [-0.2, 0) is 4.79 Å². The van der Waals surface area contributed by atoms with Gasteiger partial charge in [0.25, 0.3) is 5.97 Å². The fraction of sp³-hybridized carbons (Fsp3) is 0.875. The van der Waals surface area contributed by atoms with E-state index in [0.29, 0.717) is 13.1 Å². The number of β-amino-alcohol motifs (C(OH)–C–C–N with tert-alkyl or cyclic N) is 1. The number of piperidine rings is 1. The number of hydrogen-bond donors (Lipinski definition) is 5. The molecule has 0 unspecified atom stereocenters. The lowest BCUT2D eigenvalue weighted by Crippen LogP contribution is -2.51. The maximum absolute atomic E-state index is 9.19. The van der Waals surface area contributed by atoms with E-state index >= 15 is 0 Å². The molecule has 1 aliphatic rings. The lowest BCUT2D eigenvalue weighted by atomic mass is 9.95. The maximum Gasteiger partial charge on any atom is 0.300 e. The smallest absolute Gasteiger partial charge is 0.300 e. The number of aliphatic hydroxyl groups excluding tert-OH is 3. The van der Waals surface area contributed by atoms with Crippen molar-refractivity contribution in [1.82, 2.24) is 5.32 Å². The molecule has 0 aromatic carbocycles. The zero-order valence-electron chi connectivity index (χ0n) is 8.05. The maximum atomic E-state index is 9.19. The molecule has 0 aliphatic carbocycles. The zero-order chi connectivity index (χ0) is 11.1. The molecule has 14 heavy (non-hydrogen) atoms. The highest BCUT2D eigenvalue weighted by Crippen LogP contribution is 2.10. The number of carboxylic acids is 1. The van der Waals surface area contributed by atoms with Crippen LogP contribution in [0.3, 0.4) is 0 Å². The Morgan fingerprint density at radius 3 is 2.29 bits per heavy atom.